The second kappa shape index (κ2) is 7.27. The summed E-state index contributed by atoms with van der Waals surface area (Å²) < 4.78 is 50.4. The Morgan fingerprint density at radius 1 is 1.09 bits per heavy atom. The second-order valence-corrected chi connectivity index (χ2v) is 9.16. The summed E-state index contributed by atoms with van der Waals surface area (Å²) in [5.74, 6) is 0.213. The maximum absolute atomic E-state index is 12.5. The van der Waals surface area contributed by atoms with Gasteiger partial charge < -0.3 is 5.73 Å². The van der Waals surface area contributed by atoms with Gasteiger partial charge in [0.2, 0.25) is 20.0 Å². The topological polar surface area (TPSA) is 132 Å². The fourth-order valence-electron chi connectivity index (χ4n) is 2.96. The highest BCUT2D eigenvalue weighted by molar-refractivity contribution is 7.90. The first kappa shape index (κ1) is 18.3. The first-order valence-electron chi connectivity index (χ1n) is 7.59. The van der Waals surface area contributed by atoms with Crippen molar-refractivity contribution >= 4 is 20.0 Å². The average Bonchev–Trinajstić information content (AvgIpc) is 2.53. The van der Waals surface area contributed by atoms with Crippen LogP contribution in [0, 0.1) is 5.92 Å². The van der Waals surface area contributed by atoms with Crippen molar-refractivity contribution in [3.63, 3.8) is 0 Å². The first-order valence-corrected chi connectivity index (χ1v) is 10.6. The minimum absolute atomic E-state index is 0.127. The number of nitrogens with two attached hydrogens (primary N) is 2. The van der Waals surface area contributed by atoms with E-state index in [0.29, 0.717) is 0 Å². The summed E-state index contributed by atoms with van der Waals surface area (Å²) in [4.78, 5) is -0.361. The second-order valence-electron chi connectivity index (χ2n) is 5.88. The summed E-state index contributed by atoms with van der Waals surface area (Å²) in [5, 5.41) is 5.05. The quantitative estimate of drug-likeness (QED) is 0.679. The van der Waals surface area contributed by atoms with E-state index in [1.165, 1.54) is 18.2 Å². The van der Waals surface area contributed by atoms with Gasteiger partial charge in [-0.15, -0.1) is 0 Å². The van der Waals surface area contributed by atoms with Crippen molar-refractivity contribution in [1.29, 1.82) is 0 Å². The van der Waals surface area contributed by atoms with Crippen LogP contribution in [0.25, 0.3) is 0 Å². The summed E-state index contributed by atoms with van der Waals surface area (Å²) in [7, 11) is -7.81. The average molecular weight is 361 g/mol. The number of hydrogen-bond donors (Lipinski definition) is 3. The fourth-order valence-corrected chi connectivity index (χ4v) is 4.96. The van der Waals surface area contributed by atoms with Gasteiger partial charge in [0.05, 0.1) is 9.79 Å². The van der Waals surface area contributed by atoms with E-state index in [-0.39, 0.29) is 28.3 Å². The lowest BCUT2D eigenvalue weighted by Crippen LogP contribution is -2.45. The smallest absolute Gasteiger partial charge is 0.240 e. The largest absolute Gasteiger partial charge is 0.329 e. The molecule has 0 aliphatic heterocycles. The molecule has 0 bridgehead atoms. The SMILES string of the molecule is NCC(NS(=O)(=O)c1cccc(S(N)(=O)=O)c1)C1CCCCC1. The molecular formula is C14H23N3O4S2. The molecule has 5 N–H and O–H groups in total. The van der Waals surface area contributed by atoms with Gasteiger partial charge in [-0.3, -0.25) is 0 Å². The molecule has 2 rings (SSSR count). The molecule has 1 aliphatic carbocycles. The van der Waals surface area contributed by atoms with Gasteiger partial charge in [0, 0.05) is 12.6 Å². The Labute approximate surface area is 137 Å². The number of primary sulfonamides is 1. The highest BCUT2D eigenvalue weighted by atomic mass is 32.2. The van der Waals surface area contributed by atoms with Crippen molar-refractivity contribution in [1.82, 2.24) is 4.72 Å². The number of sulfonamides is 2. The predicted molar refractivity (Wildman–Crippen MR) is 87.6 cm³/mol. The van der Waals surface area contributed by atoms with Crippen LogP contribution >= 0.6 is 0 Å². The molecule has 1 unspecified atom stereocenters. The molecule has 0 spiro atoms. The summed E-state index contributed by atoms with van der Waals surface area (Å²) in [6.45, 7) is 0.207. The molecule has 0 aromatic heterocycles. The van der Waals surface area contributed by atoms with Crippen molar-refractivity contribution in [2.75, 3.05) is 6.54 Å². The lowest BCUT2D eigenvalue weighted by molar-refractivity contribution is 0.294. The Hall–Kier alpha value is -1.00. The van der Waals surface area contributed by atoms with E-state index in [2.05, 4.69) is 4.72 Å². The van der Waals surface area contributed by atoms with Crippen LogP contribution in [0.4, 0.5) is 0 Å². The van der Waals surface area contributed by atoms with Gasteiger partial charge in [-0.1, -0.05) is 25.3 Å². The molecule has 1 fully saturated rings. The minimum atomic E-state index is -3.96. The predicted octanol–water partition coefficient (Wildman–Crippen LogP) is 0.520. The number of benzene rings is 1. The van der Waals surface area contributed by atoms with Crippen LogP contribution in [0.2, 0.25) is 0 Å². The zero-order valence-corrected chi connectivity index (χ0v) is 14.4. The van der Waals surface area contributed by atoms with E-state index >= 15 is 0 Å². The van der Waals surface area contributed by atoms with Crippen LogP contribution in [-0.4, -0.2) is 29.4 Å². The van der Waals surface area contributed by atoms with E-state index in [0.717, 1.165) is 38.2 Å². The van der Waals surface area contributed by atoms with Gasteiger partial charge in [-0.05, 0) is 37.0 Å². The Morgan fingerprint density at radius 3 is 2.26 bits per heavy atom. The Morgan fingerprint density at radius 2 is 1.70 bits per heavy atom. The molecule has 1 aromatic rings. The van der Waals surface area contributed by atoms with Crippen LogP contribution in [0.15, 0.2) is 34.1 Å². The van der Waals surface area contributed by atoms with Gasteiger partial charge in [0.25, 0.3) is 0 Å². The summed E-state index contributed by atoms with van der Waals surface area (Å²) in [5.41, 5.74) is 5.75. The zero-order valence-electron chi connectivity index (χ0n) is 12.8. The van der Waals surface area contributed by atoms with Gasteiger partial charge in [0.15, 0.2) is 0 Å². The summed E-state index contributed by atoms with van der Waals surface area (Å²) >= 11 is 0. The highest BCUT2D eigenvalue weighted by Crippen LogP contribution is 2.27. The lowest BCUT2D eigenvalue weighted by Gasteiger charge is -2.29. The number of hydrogen-bond acceptors (Lipinski definition) is 5. The van der Waals surface area contributed by atoms with E-state index < -0.39 is 20.0 Å². The number of rotatable bonds is 6. The molecule has 1 aliphatic rings. The van der Waals surface area contributed by atoms with E-state index in [4.69, 9.17) is 10.9 Å². The molecule has 130 valence electrons. The third-order valence-corrected chi connectivity index (χ3v) is 6.62. The summed E-state index contributed by atoms with van der Waals surface area (Å²) in [6, 6.07) is 4.67. The van der Waals surface area contributed by atoms with Gasteiger partial charge >= 0.3 is 0 Å². The van der Waals surface area contributed by atoms with Crippen molar-refractivity contribution in [3.8, 4) is 0 Å². The van der Waals surface area contributed by atoms with Crippen molar-refractivity contribution in [2.24, 2.45) is 16.8 Å². The number of nitrogens with one attached hydrogen (secondary N) is 1. The van der Waals surface area contributed by atoms with Gasteiger partial charge in [-0.2, -0.15) is 0 Å². The van der Waals surface area contributed by atoms with E-state index in [1.54, 1.807) is 0 Å². The normalized spacial score (nSPS) is 18.7. The Balaban J connectivity index is 2.23. The maximum Gasteiger partial charge on any atom is 0.240 e. The van der Waals surface area contributed by atoms with E-state index in [1.807, 2.05) is 0 Å². The standard InChI is InChI=1S/C14H23N3O4S2/c15-10-14(11-5-2-1-3-6-11)17-23(20,21)13-8-4-7-12(9-13)22(16,18)19/h4,7-9,11,14,17H,1-3,5-6,10,15H2,(H2,16,18,19). The first-order chi connectivity index (χ1) is 10.7. The Bertz CT molecular complexity index is 741. The zero-order chi connectivity index (χ0) is 17.1. The molecule has 0 radical (unpaired) electrons. The third-order valence-electron chi connectivity index (χ3n) is 4.22. The van der Waals surface area contributed by atoms with Crippen LogP contribution in [-0.2, 0) is 20.0 Å². The minimum Gasteiger partial charge on any atom is -0.329 e. The molecule has 1 saturated carbocycles. The molecule has 0 saturated heterocycles. The van der Waals surface area contributed by atoms with Crippen LogP contribution < -0.4 is 15.6 Å². The monoisotopic (exact) mass is 361 g/mol. The third kappa shape index (κ3) is 4.74. The van der Waals surface area contributed by atoms with Gasteiger partial charge in [0.1, 0.15) is 0 Å². The molecule has 0 heterocycles. The van der Waals surface area contributed by atoms with Crippen LogP contribution in [0.1, 0.15) is 32.1 Å². The van der Waals surface area contributed by atoms with E-state index in [9.17, 15) is 16.8 Å². The van der Waals surface area contributed by atoms with Crippen LogP contribution in [0.5, 0.6) is 0 Å². The van der Waals surface area contributed by atoms with Crippen molar-refractivity contribution in [3.05, 3.63) is 24.3 Å². The van der Waals surface area contributed by atoms with Crippen LogP contribution in [0.3, 0.4) is 0 Å². The molecule has 1 aromatic carbocycles. The fraction of sp³-hybridized carbons (Fsp3) is 0.571. The van der Waals surface area contributed by atoms with Crippen molar-refractivity contribution < 1.29 is 16.8 Å². The molecule has 7 nitrogen and oxygen atoms in total. The summed E-state index contributed by atoms with van der Waals surface area (Å²) in [6.07, 6.45) is 5.20. The molecule has 9 heteroatoms. The van der Waals surface area contributed by atoms with Crippen molar-refractivity contribution in [2.45, 2.75) is 47.9 Å². The maximum atomic E-state index is 12.5. The lowest BCUT2D eigenvalue weighted by atomic mass is 9.84. The van der Waals surface area contributed by atoms with Gasteiger partial charge in [-0.25, -0.2) is 26.7 Å². The molecule has 1 atom stereocenters. The molecular weight excluding hydrogens is 338 g/mol. The Kier molecular flexibility index (Phi) is 5.79. The molecule has 0 amide bonds. The molecule has 23 heavy (non-hydrogen) atoms. The highest BCUT2D eigenvalue weighted by Gasteiger charge is 2.27.